The van der Waals surface area contributed by atoms with E-state index in [1.165, 1.54) is 0 Å². The van der Waals surface area contributed by atoms with Crippen molar-refractivity contribution in [3.05, 3.63) is 29.8 Å². The number of fused-ring (bicyclic) bond motifs is 1. The number of ether oxygens (including phenoxy) is 1. The van der Waals surface area contributed by atoms with E-state index in [0.717, 1.165) is 24.3 Å². The lowest BCUT2D eigenvalue weighted by atomic mass is 9.76. The maximum atomic E-state index is 12.2. The molecule has 0 aromatic heterocycles. The summed E-state index contributed by atoms with van der Waals surface area (Å²) >= 11 is 1.58. The molecular weight excluding hydrogens is 274 g/mol. The molecule has 5 heteroatoms. The molecule has 0 unspecified atom stereocenters. The Bertz CT molecular complexity index is 477. The lowest BCUT2D eigenvalue weighted by molar-refractivity contribution is 0.00810. The van der Waals surface area contributed by atoms with E-state index >= 15 is 0 Å². The van der Waals surface area contributed by atoms with Gasteiger partial charge >= 0.3 is 0 Å². The van der Waals surface area contributed by atoms with Crippen LogP contribution in [-0.4, -0.2) is 42.1 Å². The van der Waals surface area contributed by atoms with Crippen LogP contribution < -0.4 is 5.32 Å². The van der Waals surface area contributed by atoms with Crippen molar-refractivity contribution in [2.75, 3.05) is 19.0 Å². The van der Waals surface area contributed by atoms with Gasteiger partial charge in [0.25, 0.3) is 5.91 Å². The highest BCUT2D eigenvalue weighted by Gasteiger charge is 2.45. The first-order valence-electron chi connectivity index (χ1n) is 7.04. The van der Waals surface area contributed by atoms with Gasteiger partial charge in [-0.05, 0) is 37.1 Å². The van der Waals surface area contributed by atoms with E-state index in [-0.39, 0.29) is 18.6 Å². The van der Waals surface area contributed by atoms with Crippen molar-refractivity contribution >= 4 is 17.7 Å². The van der Waals surface area contributed by atoms with Gasteiger partial charge in [0.05, 0.1) is 12.7 Å². The number of rotatable bonds is 5. The molecule has 1 saturated heterocycles. The number of hydrogen-bond donors (Lipinski definition) is 2. The highest BCUT2D eigenvalue weighted by atomic mass is 32.2. The molecule has 0 bridgehead atoms. The Kier molecular flexibility index (Phi) is 4.29. The number of amides is 1. The Labute approximate surface area is 122 Å². The molecule has 2 fully saturated rings. The molecule has 20 heavy (non-hydrogen) atoms. The van der Waals surface area contributed by atoms with Crippen LogP contribution >= 0.6 is 11.8 Å². The number of hydrogen-bond acceptors (Lipinski definition) is 4. The Morgan fingerprint density at radius 3 is 2.90 bits per heavy atom. The van der Waals surface area contributed by atoms with Crippen molar-refractivity contribution in [1.82, 2.24) is 5.32 Å². The summed E-state index contributed by atoms with van der Waals surface area (Å²) in [5.41, 5.74) is 0.695. The zero-order valence-corrected chi connectivity index (χ0v) is 12.1. The van der Waals surface area contributed by atoms with Gasteiger partial charge in [-0.1, -0.05) is 0 Å². The van der Waals surface area contributed by atoms with Crippen molar-refractivity contribution < 1.29 is 14.6 Å². The summed E-state index contributed by atoms with van der Waals surface area (Å²) in [5, 5.41) is 11.9. The number of aliphatic hydroxyl groups excluding tert-OH is 1. The minimum Gasteiger partial charge on any atom is -0.396 e. The van der Waals surface area contributed by atoms with Crippen molar-refractivity contribution in [3.8, 4) is 0 Å². The van der Waals surface area contributed by atoms with Crippen LogP contribution in [0.5, 0.6) is 0 Å². The van der Waals surface area contributed by atoms with Crippen molar-refractivity contribution in [3.63, 3.8) is 0 Å². The summed E-state index contributed by atoms with van der Waals surface area (Å²) in [5.74, 6) is 1.19. The van der Waals surface area contributed by atoms with Crippen LogP contribution in [-0.2, 0) is 4.74 Å². The minimum atomic E-state index is -0.000872. The molecule has 0 spiro atoms. The Morgan fingerprint density at radius 1 is 1.40 bits per heavy atom. The summed E-state index contributed by atoms with van der Waals surface area (Å²) in [6.45, 7) is 0.998. The van der Waals surface area contributed by atoms with Crippen LogP contribution in [0.15, 0.2) is 29.2 Å². The van der Waals surface area contributed by atoms with Crippen LogP contribution in [0, 0.1) is 5.92 Å². The second-order valence-corrected chi connectivity index (χ2v) is 6.44. The van der Waals surface area contributed by atoms with Gasteiger partial charge in [-0.3, -0.25) is 4.79 Å². The first-order valence-corrected chi connectivity index (χ1v) is 8.02. The molecule has 1 aliphatic carbocycles. The second-order valence-electron chi connectivity index (χ2n) is 5.27. The quantitative estimate of drug-likeness (QED) is 0.811. The molecule has 1 aromatic rings. The lowest BCUT2D eigenvalue weighted by Crippen LogP contribution is -2.53. The molecule has 1 saturated carbocycles. The van der Waals surface area contributed by atoms with Crippen LogP contribution in [0.3, 0.4) is 0 Å². The number of aliphatic hydroxyl groups is 1. The average Bonchev–Trinajstić information content (AvgIpc) is 2.84. The van der Waals surface area contributed by atoms with Crippen molar-refractivity contribution in [2.24, 2.45) is 5.92 Å². The maximum Gasteiger partial charge on any atom is 0.251 e. The highest BCUT2D eigenvalue weighted by molar-refractivity contribution is 7.99. The van der Waals surface area contributed by atoms with Crippen molar-refractivity contribution in [2.45, 2.75) is 29.9 Å². The van der Waals surface area contributed by atoms with Crippen molar-refractivity contribution in [1.29, 1.82) is 0 Å². The average molecular weight is 293 g/mol. The third-order valence-corrected chi connectivity index (χ3v) is 5.05. The van der Waals surface area contributed by atoms with Gasteiger partial charge in [-0.2, -0.15) is 0 Å². The van der Waals surface area contributed by atoms with Crippen LogP contribution in [0.2, 0.25) is 0 Å². The zero-order valence-electron chi connectivity index (χ0n) is 11.2. The number of benzene rings is 1. The van der Waals surface area contributed by atoms with Gasteiger partial charge in [-0.25, -0.2) is 0 Å². The van der Waals surface area contributed by atoms with Gasteiger partial charge in [0.2, 0.25) is 0 Å². The number of carbonyl (C=O) groups is 1. The fourth-order valence-corrected chi connectivity index (χ4v) is 3.54. The molecular formula is C15H19NO3S. The largest absolute Gasteiger partial charge is 0.396 e. The molecule has 3 rings (SSSR count). The maximum absolute atomic E-state index is 12.2. The smallest absolute Gasteiger partial charge is 0.251 e. The Morgan fingerprint density at radius 2 is 2.20 bits per heavy atom. The summed E-state index contributed by atoms with van der Waals surface area (Å²) in [6, 6.07) is 7.82. The van der Waals surface area contributed by atoms with Gasteiger partial charge in [0.15, 0.2) is 0 Å². The first kappa shape index (κ1) is 13.9. The zero-order chi connectivity index (χ0) is 13.9. The fraction of sp³-hybridized carbons (Fsp3) is 0.533. The predicted molar refractivity (Wildman–Crippen MR) is 78.0 cm³/mol. The van der Waals surface area contributed by atoms with E-state index in [1.54, 1.807) is 11.8 Å². The molecule has 108 valence electrons. The predicted octanol–water partition coefficient (Wildman–Crippen LogP) is 1.68. The number of carbonyl (C=O) groups excluding carboxylic acids is 1. The van der Waals surface area contributed by atoms with Gasteiger partial charge in [-0.15, -0.1) is 11.8 Å². The molecule has 3 atom stereocenters. The topological polar surface area (TPSA) is 58.6 Å². The molecule has 4 nitrogen and oxygen atoms in total. The summed E-state index contributed by atoms with van der Waals surface area (Å²) < 4.78 is 5.55. The van der Waals surface area contributed by atoms with Gasteiger partial charge < -0.3 is 15.2 Å². The van der Waals surface area contributed by atoms with Crippen LogP contribution in [0.4, 0.5) is 0 Å². The Balaban J connectivity index is 1.54. The molecule has 1 aromatic carbocycles. The van der Waals surface area contributed by atoms with E-state index in [1.807, 2.05) is 24.3 Å². The monoisotopic (exact) mass is 293 g/mol. The third kappa shape index (κ3) is 2.85. The number of nitrogens with one attached hydrogen (secondary N) is 1. The normalized spacial score (nSPS) is 27.8. The Hall–Kier alpha value is -1.04. The molecule has 1 amide bonds. The SMILES string of the molecule is O=C(N[C@@H]1C[C@H]2OCC[C@@H]12)c1ccc(SCCO)cc1. The molecule has 1 heterocycles. The lowest BCUT2D eigenvalue weighted by Gasteiger charge is -2.39. The molecule has 2 aliphatic rings. The molecule has 0 radical (unpaired) electrons. The van der Waals surface area contributed by atoms with Crippen LogP contribution in [0.1, 0.15) is 23.2 Å². The van der Waals surface area contributed by atoms with E-state index in [9.17, 15) is 4.79 Å². The third-order valence-electron chi connectivity index (χ3n) is 4.06. The van der Waals surface area contributed by atoms with E-state index in [0.29, 0.717) is 23.3 Å². The standard InChI is InChI=1S/C15H19NO3S/c17-6-8-20-11-3-1-10(2-4-11)15(18)16-13-9-14-12(13)5-7-19-14/h1-4,12-14,17H,5-9H2,(H,16,18)/t12-,13+,14+/m0/s1. The van der Waals surface area contributed by atoms with Gasteiger partial charge in [0.1, 0.15) is 0 Å². The van der Waals surface area contributed by atoms with E-state index in [2.05, 4.69) is 5.32 Å². The van der Waals surface area contributed by atoms with E-state index in [4.69, 9.17) is 9.84 Å². The van der Waals surface area contributed by atoms with Gasteiger partial charge in [0, 0.05) is 34.8 Å². The highest BCUT2D eigenvalue weighted by Crippen LogP contribution is 2.38. The molecule has 2 N–H and O–H groups in total. The summed E-state index contributed by atoms with van der Waals surface area (Å²) in [7, 11) is 0. The fourth-order valence-electron chi connectivity index (χ4n) is 2.88. The second kappa shape index (κ2) is 6.16. The summed E-state index contributed by atoms with van der Waals surface area (Å²) in [4.78, 5) is 13.2. The van der Waals surface area contributed by atoms with E-state index < -0.39 is 0 Å². The summed E-state index contributed by atoms with van der Waals surface area (Å²) in [6.07, 6.45) is 2.38. The molecule has 1 aliphatic heterocycles. The number of thioether (sulfide) groups is 1. The first-order chi connectivity index (χ1) is 9.78. The van der Waals surface area contributed by atoms with Crippen LogP contribution in [0.25, 0.3) is 0 Å². The minimum absolute atomic E-state index is 0.000872.